The van der Waals surface area contributed by atoms with Crippen molar-refractivity contribution in [2.75, 3.05) is 0 Å². The Hall–Kier alpha value is -2.70. The molecule has 0 aliphatic rings. The SMILES string of the molecule is Cc1noc(COC(=O)[C@@H](NC(=O)c2ccc(C(C)(C)C)cc2)C(C)C)n1. The van der Waals surface area contributed by atoms with Gasteiger partial charge in [0.05, 0.1) is 0 Å². The second-order valence-corrected chi connectivity index (χ2v) is 7.87. The predicted molar refractivity (Wildman–Crippen MR) is 100 cm³/mol. The van der Waals surface area contributed by atoms with E-state index in [1.54, 1.807) is 19.1 Å². The van der Waals surface area contributed by atoms with E-state index in [1.807, 2.05) is 26.0 Å². The molecule has 7 heteroatoms. The highest BCUT2D eigenvalue weighted by molar-refractivity contribution is 5.96. The topological polar surface area (TPSA) is 94.3 Å². The largest absolute Gasteiger partial charge is 0.454 e. The van der Waals surface area contributed by atoms with Crippen LogP contribution in [0.15, 0.2) is 28.8 Å². The van der Waals surface area contributed by atoms with Crippen molar-refractivity contribution in [3.63, 3.8) is 0 Å². The molecular weight excluding hydrogens is 346 g/mol. The number of nitrogens with zero attached hydrogens (tertiary/aromatic N) is 2. The lowest BCUT2D eigenvalue weighted by Crippen LogP contribution is -2.45. The van der Waals surface area contributed by atoms with Gasteiger partial charge in [0.2, 0.25) is 0 Å². The summed E-state index contributed by atoms with van der Waals surface area (Å²) < 4.78 is 10.1. The van der Waals surface area contributed by atoms with Crippen LogP contribution in [0.2, 0.25) is 0 Å². The lowest BCUT2D eigenvalue weighted by atomic mass is 9.86. The lowest BCUT2D eigenvalue weighted by molar-refractivity contribution is -0.149. The maximum Gasteiger partial charge on any atom is 0.329 e. The molecule has 2 rings (SSSR count). The van der Waals surface area contributed by atoms with Crippen LogP contribution in [0.4, 0.5) is 0 Å². The Bertz CT molecular complexity index is 788. The number of ether oxygens (including phenoxy) is 1. The van der Waals surface area contributed by atoms with Crippen molar-refractivity contribution < 1.29 is 18.8 Å². The first-order chi connectivity index (χ1) is 12.6. The molecule has 2 aromatic rings. The van der Waals surface area contributed by atoms with E-state index in [0.717, 1.165) is 5.56 Å². The Morgan fingerprint density at radius 1 is 1.19 bits per heavy atom. The fraction of sp³-hybridized carbons (Fsp3) is 0.500. The molecule has 0 radical (unpaired) electrons. The summed E-state index contributed by atoms with van der Waals surface area (Å²) in [5.74, 6) is -0.319. The highest BCUT2D eigenvalue weighted by Crippen LogP contribution is 2.22. The first kappa shape index (κ1) is 20.6. The van der Waals surface area contributed by atoms with Gasteiger partial charge < -0.3 is 14.6 Å². The third-order valence-corrected chi connectivity index (χ3v) is 4.13. The van der Waals surface area contributed by atoms with Gasteiger partial charge in [-0.2, -0.15) is 4.98 Å². The predicted octanol–water partition coefficient (Wildman–Crippen LogP) is 3.17. The van der Waals surface area contributed by atoms with Gasteiger partial charge in [-0.3, -0.25) is 4.79 Å². The molecule has 7 nitrogen and oxygen atoms in total. The number of hydrogen-bond acceptors (Lipinski definition) is 6. The maximum absolute atomic E-state index is 12.5. The molecule has 0 aliphatic heterocycles. The molecule has 0 aliphatic carbocycles. The minimum absolute atomic E-state index is 0.00633. The summed E-state index contributed by atoms with van der Waals surface area (Å²) in [7, 11) is 0. The Kier molecular flexibility index (Phi) is 6.36. The van der Waals surface area contributed by atoms with Gasteiger partial charge >= 0.3 is 5.97 Å². The van der Waals surface area contributed by atoms with Gasteiger partial charge in [-0.05, 0) is 36.0 Å². The Labute approximate surface area is 159 Å². The summed E-state index contributed by atoms with van der Waals surface area (Å²) in [5.41, 5.74) is 1.63. The van der Waals surface area contributed by atoms with E-state index in [-0.39, 0.29) is 29.7 Å². The number of aromatic nitrogens is 2. The van der Waals surface area contributed by atoms with Crippen molar-refractivity contribution in [3.8, 4) is 0 Å². The number of nitrogens with one attached hydrogen (secondary N) is 1. The summed E-state index contributed by atoms with van der Waals surface area (Å²) >= 11 is 0. The molecule has 0 unspecified atom stereocenters. The van der Waals surface area contributed by atoms with E-state index in [1.165, 1.54) is 0 Å². The molecule has 146 valence electrons. The Morgan fingerprint density at radius 3 is 2.30 bits per heavy atom. The van der Waals surface area contributed by atoms with Crippen molar-refractivity contribution in [2.45, 2.75) is 59.6 Å². The van der Waals surface area contributed by atoms with Crippen LogP contribution in [-0.2, 0) is 21.6 Å². The summed E-state index contributed by atoms with van der Waals surface area (Å²) in [4.78, 5) is 28.9. The standard InChI is InChI=1S/C20H27N3O4/c1-12(2)17(19(25)26-11-16-21-13(3)23-27-16)22-18(24)14-7-9-15(10-8-14)20(4,5)6/h7-10,12,17H,11H2,1-6H3,(H,22,24)/t17-/m0/s1. The molecule has 1 atom stereocenters. The number of benzene rings is 1. The van der Waals surface area contributed by atoms with E-state index in [0.29, 0.717) is 11.4 Å². The van der Waals surface area contributed by atoms with Crippen molar-refractivity contribution in [3.05, 3.63) is 47.1 Å². The van der Waals surface area contributed by atoms with E-state index in [9.17, 15) is 9.59 Å². The van der Waals surface area contributed by atoms with Crippen LogP contribution in [0.1, 0.15) is 62.3 Å². The molecule has 0 fully saturated rings. The number of hydrogen-bond donors (Lipinski definition) is 1. The zero-order valence-corrected chi connectivity index (χ0v) is 16.7. The van der Waals surface area contributed by atoms with Gasteiger partial charge in [0.25, 0.3) is 11.8 Å². The lowest BCUT2D eigenvalue weighted by Gasteiger charge is -2.21. The number of rotatable bonds is 6. The minimum Gasteiger partial charge on any atom is -0.454 e. The van der Waals surface area contributed by atoms with E-state index >= 15 is 0 Å². The summed E-state index contributed by atoms with van der Waals surface area (Å²) in [5, 5.41) is 6.39. The van der Waals surface area contributed by atoms with Crippen LogP contribution in [0, 0.1) is 12.8 Å². The monoisotopic (exact) mass is 373 g/mol. The summed E-state index contributed by atoms with van der Waals surface area (Å²) in [6.45, 7) is 11.6. The molecule has 27 heavy (non-hydrogen) atoms. The van der Waals surface area contributed by atoms with Gasteiger partial charge in [0, 0.05) is 5.56 Å². The zero-order chi connectivity index (χ0) is 20.2. The van der Waals surface area contributed by atoms with E-state index in [2.05, 4.69) is 36.2 Å². The first-order valence-electron chi connectivity index (χ1n) is 8.95. The van der Waals surface area contributed by atoms with Crippen LogP contribution in [-0.4, -0.2) is 28.1 Å². The quantitative estimate of drug-likeness (QED) is 0.782. The summed E-state index contributed by atoms with van der Waals surface area (Å²) in [6, 6.07) is 6.61. The van der Waals surface area contributed by atoms with Gasteiger partial charge in [0.15, 0.2) is 12.4 Å². The molecule has 1 aromatic heterocycles. The molecule has 1 heterocycles. The van der Waals surface area contributed by atoms with Gasteiger partial charge in [-0.1, -0.05) is 51.9 Å². The smallest absolute Gasteiger partial charge is 0.329 e. The van der Waals surface area contributed by atoms with Crippen LogP contribution < -0.4 is 5.32 Å². The molecular formula is C20H27N3O4. The molecule has 1 amide bonds. The van der Waals surface area contributed by atoms with Crippen molar-refractivity contribution in [1.29, 1.82) is 0 Å². The minimum atomic E-state index is -0.774. The molecule has 0 saturated heterocycles. The number of amides is 1. The Morgan fingerprint density at radius 2 is 1.81 bits per heavy atom. The third-order valence-electron chi connectivity index (χ3n) is 4.13. The average Bonchev–Trinajstić information content (AvgIpc) is 3.01. The van der Waals surface area contributed by atoms with Crippen LogP contribution in [0.5, 0.6) is 0 Å². The molecule has 0 bridgehead atoms. The number of aryl methyl sites for hydroxylation is 1. The third kappa shape index (κ3) is 5.64. The molecule has 1 N–H and O–H groups in total. The van der Waals surface area contributed by atoms with Crippen LogP contribution >= 0.6 is 0 Å². The van der Waals surface area contributed by atoms with Gasteiger partial charge in [0.1, 0.15) is 6.04 Å². The van der Waals surface area contributed by atoms with E-state index in [4.69, 9.17) is 9.26 Å². The average molecular weight is 373 g/mol. The molecule has 0 saturated carbocycles. The fourth-order valence-corrected chi connectivity index (χ4v) is 2.47. The van der Waals surface area contributed by atoms with Crippen molar-refractivity contribution in [1.82, 2.24) is 15.5 Å². The van der Waals surface area contributed by atoms with Gasteiger partial charge in [-0.15, -0.1) is 0 Å². The zero-order valence-electron chi connectivity index (χ0n) is 16.7. The van der Waals surface area contributed by atoms with Crippen molar-refractivity contribution in [2.24, 2.45) is 5.92 Å². The highest BCUT2D eigenvalue weighted by atomic mass is 16.6. The number of carbonyl (C=O) groups excluding carboxylic acids is 2. The van der Waals surface area contributed by atoms with Crippen molar-refractivity contribution >= 4 is 11.9 Å². The normalized spacial score (nSPS) is 12.7. The summed E-state index contributed by atoms with van der Waals surface area (Å²) in [6.07, 6.45) is 0. The molecule has 1 aromatic carbocycles. The van der Waals surface area contributed by atoms with Crippen LogP contribution in [0.25, 0.3) is 0 Å². The maximum atomic E-state index is 12.5. The fourth-order valence-electron chi connectivity index (χ4n) is 2.47. The number of esters is 1. The van der Waals surface area contributed by atoms with Crippen LogP contribution in [0.3, 0.4) is 0 Å². The second-order valence-electron chi connectivity index (χ2n) is 7.87. The Balaban J connectivity index is 2.01. The molecule has 0 spiro atoms. The second kappa shape index (κ2) is 8.33. The highest BCUT2D eigenvalue weighted by Gasteiger charge is 2.27. The van der Waals surface area contributed by atoms with Gasteiger partial charge in [-0.25, -0.2) is 4.79 Å². The van der Waals surface area contributed by atoms with E-state index < -0.39 is 12.0 Å². The first-order valence-corrected chi connectivity index (χ1v) is 8.95. The number of carbonyl (C=O) groups is 2.